The summed E-state index contributed by atoms with van der Waals surface area (Å²) >= 11 is 0. The van der Waals surface area contributed by atoms with E-state index in [0.717, 1.165) is 23.4 Å². The van der Waals surface area contributed by atoms with Gasteiger partial charge in [-0.25, -0.2) is 0 Å². The van der Waals surface area contributed by atoms with Gasteiger partial charge in [-0.3, -0.25) is 9.48 Å². The Labute approximate surface area is 132 Å². The molecule has 0 bridgehead atoms. The number of hydrogen-bond acceptors (Lipinski definition) is 3. The normalized spacial score (nSPS) is 11.6. The van der Waals surface area contributed by atoms with E-state index in [-0.39, 0.29) is 11.4 Å². The van der Waals surface area contributed by atoms with Crippen molar-refractivity contribution in [3.05, 3.63) is 42.1 Å². The van der Waals surface area contributed by atoms with Crippen LogP contribution >= 0.6 is 0 Å². The summed E-state index contributed by atoms with van der Waals surface area (Å²) in [6.45, 7) is 9.12. The molecular weight excluding hydrogens is 276 g/mol. The van der Waals surface area contributed by atoms with Gasteiger partial charge in [0.2, 0.25) is 0 Å². The Kier molecular flexibility index (Phi) is 5.14. The number of ether oxygens (including phenoxy) is 1. The molecule has 1 heterocycles. The molecule has 4 nitrogen and oxygen atoms in total. The van der Waals surface area contributed by atoms with E-state index in [4.69, 9.17) is 4.74 Å². The van der Waals surface area contributed by atoms with Crippen molar-refractivity contribution in [2.75, 3.05) is 6.61 Å². The van der Waals surface area contributed by atoms with Gasteiger partial charge in [0.25, 0.3) is 0 Å². The Hall–Kier alpha value is -1.94. The highest BCUT2D eigenvalue weighted by Gasteiger charge is 2.10. The molecule has 0 amide bonds. The molecule has 118 valence electrons. The topological polar surface area (TPSA) is 44.1 Å². The standard InChI is InChI=1S/C18H24N2O2/c1-14(21)13-15-5-7-16(8-6-15)17-9-10-20(19-17)11-12-22-18(2,3)4/h5-10H,11-13H2,1-4H3. The van der Waals surface area contributed by atoms with E-state index in [0.29, 0.717) is 13.0 Å². The van der Waals surface area contributed by atoms with Crippen LogP contribution in [-0.2, 0) is 22.5 Å². The van der Waals surface area contributed by atoms with Gasteiger partial charge in [-0.1, -0.05) is 24.3 Å². The van der Waals surface area contributed by atoms with Crippen molar-refractivity contribution in [1.29, 1.82) is 0 Å². The van der Waals surface area contributed by atoms with Gasteiger partial charge in [-0.2, -0.15) is 5.10 Å². The number of benzene rings is 1. The highest BCUT2D eigenvalue weighted by Crippen LogP contribution is 2.18. The molecule has 0 N–H and O–H groups in total. The van der Waals surface area contributed by atoms with Crippen molar-refractivity contribution in [3.63, 3.8) is 0 Å². The van der Waals surface area contributed by atoms with E-state index in [2.05, 4.69) is 5.10 Å². The van der Waals surface area contributed by atoms with Gasteiger partial charge in [-0.15, -0.1) is 0 Å². The second kappa shape index (κ2) is 6.88. The summed E-state index contributed by atoms with van der Waals surface area (Å²) in [4.78, 5) is 11.1. The molecule has 1 aromatic heterocycles. The van der Waals surface area contributed by atoms with Gasteiger partial charge in [0.05, 0.1) is 24.4 Å². The summed E-state index contributed by atoms with van der Waals surface area (Å²) in [7, 11) is 0. The highest BCUT2D eigenvalue weighted by molar-refractivity contribution is 5.78. The molecule has 0 unspecified atom stereocenters. The molecule has 4 heteroatoms. The van der Waals surface area contributed by atoms with Crippen LogP contribution in [-0.4, -0.2) is 27.8 Å². The fourth-order valence-corrected chi connectivity index (χ4v) is 2.17. The maximum absolute atomic E-state index is 11.1. The summed E-state index contributed by atoms with van der Waals surface area (Å²) in [6, 6.07) is 9.99. The first-order valence-electron chi connectivity index (χ1n) is 7.60. The predicted octanol–water partition coefficient (Wildman–Crippen LogP) is 3.50. The number of carbonyl (C=O) groups excluding carboxylic acids is 1. The molecule has 0 saturated carbocycles. The van der Waals surface area contributed by atoms with Gasteiger partial charge in [-0.05, 0) is 39.3 Å². The predicted molar refractivity (Wildman–Crippen MR) is 87.8 cm³/mol. The summed E-state index contributed by atoms with van der Waals surface area (Å²) < 4.78 is 7.60. The summed E-state index contributed by atoms with van der Waals surface area (Å²) in [6.07, 6.45) is 2.45. The zero-order valence-electron chi connectivity index (χ0n) is 13.8. The molecule has 0 aliphatic rings. The first-order chi connectivity index (χ1) is 10.3. The van der Waals surface area contributed by atoms with Crippen LogP contribution in [0, 0.1) is 0 Å². The molecule has 0 saturated heterocycles. The second-order valence-corrected chi connectivity index (χ2v) is 6.50. The first kappa shape index (κ1) is 16.4. The Bertz CT molecular complexity index is 621. The zero-order chi connectivity index (χ0) is 16.2. The van der Waals surface area contributed by atoms with Gasteiger partial charge in [0, 0.05) is 18.2 Å². The smallest absolute Gasteiger partial charge is 0.134 e. The minimum atomic E-state index is -0.122. The number of Topliss-reactive ketones (excluding diaryl/α,β-unsaturated/α-hetero) is 1. The Morgan fingerprint density at radius 3 is 2.45 bits per heavy atom. The van der Waals surface area contributed by atoms with Crippen LogP contribution in [0.5, 0.6) is 0 Å². The SMILES string of the molecule is CC(=O)Cc1ccc(-c2ccn(CCOC(C)(C)C)n2)cc1. The number of rotatable bonds is 6. The first-order valence-corrected chi connectivity index (χ1v) is 7.60. The van der Waals surface area contributed by atoms with E-state index < -0.39 is 0 Å². The number of nitrogens with zero attached hydrogens (tertiary/aromatic N) is 2. The van der Waals surface area contributed by atoms with Crippen LogP contribution in [0.4, 0.5) is 0 Å². The third-order valence-electron chi connectivity index (χ3n) is 3.20. The molecule has 2 aromatic rings. The van der Waals surface area contributed by atoms with Crippen LogP contribution < -0.4 is 0 Å². The third-order valence-corrected chi connectivity index (χ3v) is 3.20. The number of ketones is 1. The lowest BCUT2D eigenvalue weighted by atomic mass is 10.1. The Morgan fingerprint density at radius 2 is 1.86 bits per heavy atom. The zero-order valence-corrected chi connectivity index (χ0v) is 13.8. The van der Waals surface area contributed by atoms with Crippen LogP contribution in [0.2, 0.25) is 0 Å². The maximum Gasteiger partial charge on any atom is 0.134 e. The molecule has 2 rings (SSSR count). The van der Waals surface area contributed by atoms with E-state index >= 15 is 0 Å². The lowest BCUT2D eigenvalue weighted by Crippen LogP contribution is -2.22. The van der Waals surface area contributed by atoms with Crippen LogP contribution in [0.25, 0.3) is 11.3 Å². The molecule has 1 aromatic carbocycles. The molecule has 22 heavy (non-hydrogen) atoms. The minimum Gasteiger partial charge on any atom is -0.374 e. The van der Waals surface area contributed by atoms with Crippen LogP contribution in [0.3, 0.4) is 0 Å². The number of hydrogen-bond donors (Lipinski definition) is 0. The molecule has 0 aliphatic heterocycles. The van der Waals surface area contributed by atoms with Crippen molar-refractivity contribution in [2.45, 2.75) is 46.3 Å². The third kappa shape index (κ3) is 5.11. The fourth-order valence-electron chi connectivity index (χ4n) is 2.17. The van der Waals surface area contributed by atoms with Gasteiger partial charge in [0.15, 0.2) is 0 Å². The maximum atomic E-state index is 11.1. The average molecular weight is 300 g/mol. The van der Waals surface area contributed by atoms with Crippen LogP contribution in [0.1, 0.15) is 33.3 Å². The van der Waals surface area contributed by atoms with Crippen molar-refractivity contribution in [3.8, 4) is 11.3 Å². The molecule has 0 aliphatic carbocycles. The second-order valence-electron chi connectivity index (χ2n) is 6.50. The molecule has 0 fully saturated rings. The molecule has 0 atom stereocenters. The van der Waals surface area contributed by atoms with Crippen molar-refractivity contribution in [2.24, 2.45) is 0 Å². The Morgan fingerprint density at radius 1 is 1.18 bits per heavy atom. The van der Waals surface area contributed by atoms with E-state index in [1.54, 1.807) is 6.92 Å². The average Bonchev–Trinajstić information content (AvgIpc) is 2.86. The van der Waals surface area contributed by atoms with Gasteiger partial charge in [0.1, 0.15) is 5.78 Å². The van der Waals surface area contributed by atoms with E-state index in [1.165, 1.54) is 0 Å². The summed E-state index contributed by atoms with van der Waals surface area (Å²) in [5.41, 5.74) is 2.91. The van der Waals surface area contributed by atoms with Crippen molar-refractivity contribution >= 4 is 5.78 Å². The largest absolute Gasteiger partial charge is 0.374 e. The van der Waals surface area contributed by atoms with E-state index in [1.807, 2.05) is 62.0 Å². The lowest BCUT2D eigenvalue weighted by molar-refractivity contribution is -0.116. The fraction of sp³-hybridized carbons (Fsp3) is 0.444. The van der Waals surface area contributed by atoms with Crippen molar-refractivity contribution < 1.29 is 9.53 Å². The van der Waals surface area contributed by atoms with Gasteiger partial charge >= 0.3 is 0 Å². The van der Waals surface area contributed by atoms with Gasteiger partial charge < -0.3 is 4.74 Å². The minimum absolute atomic E-state index is 0.122. The van der Waals surface area contributed by atoms with E-state index in [9.17, 15) is 4.79 Å². The number of aromatic nitrogens is 2. The number of carbonyl (C=O) groups is 1. The Balaban J connectivity index is 1.97. The summed E-state index contributed by atoms with van der Waals surface area (Å²) in [5.74, 6) is 0.177. The van der Waals surface area contributed by atoms with Crippen LogP contribution in [0.15, 0.2) is 36.5 Å². The lowest BCUT2D eigenvalue weighted by Gasteiger charge is -2.19. The molecular formula is C18H24N2O2. The molecule has 0 spiro atoms. The van der Waals surface area contributed by atoms with Crippen molar-refractivity contribution in [1.82, 2.24) is 9.78 Å². The monoisotopic (exact) mass is 300 g/mol. The molecule has 0 radical (unpaired) electrons. The highest BCUT2D eigenvalue weighted by atomic mass is 16.5. The quantitative estimate of drug-likeness (QED) is 0.820. The summed E-state index contributed by atoms with van der Waals surface area (Å²) in [5, 5.41) is 4.56.